The number of aliphatic hydroxyl groups is 1. The highest BCUT2D eigenvalue weighted by Crippen LogP contribution is 2.36. The van der Waals surface area contributed by atoms with Crippen LogP contribution in [0.5, 0.6) is 11.6 Å². The van der Waals surface area contributed by atoms with Crippen LogP contribution < -0.4 is 9.47 Å². The Balaban J connectivity index is 1.83. The lowest BCUT2D eigenvalue weighted by molar-refractivity contribution is 0.120. The van der Waals surface area contributed by atoms with Crippen LogP contribution in [0, 0.1) is 12.7 Å². The predicted octanol–water partition coefficient (Wildman–Crippen LogP) is 4.12. The molecule has 0 fully saturated rings. The highest BCUT2D eigenvalue weighted by Gasteiger charge is 2.16. The molecule has 0 amide bonds. The highest BCUT2D eigenvalue weighted by molar-refractivity contribution is 7.21. The van der Waals surface area contributed by atoms with Crippen molar-refractivity contribution >= 4 is 32.6 Å². The standard InChI is InChI=1S/C20H18FN3O3S/c1-10-4-12(19-15(5-10)23-18(26-3)8-22-19)20-24-14-6-13(21)16(7-17(14)28-20)27-9-11(2)25/h4-8,11,25H,9H2,1-3H3/t11-/m0/s1. The van der Waals surface area contributed by atoms with Crippen molar-refractivity contribution in [3.8, 4) is 22.2 Å². The monoisotopic (exact) mass is 399 g/mol. The van der Waals surface area contributed by atoms with Crippen LogP contribution in [0.2, 0.25) is 0 Å². The van der Waals surface area contributed by atoms with Gasteiger partial charge >= 0.3 is 0 Å². The number of methoxy groups -OCH3 is 1. The normalized spacial score (nSPS) is 12.5. The first kappa shape index (κ1) is 18.5. The van der Waals surface area contributed by atoms with E-state index in [2.05, 4.69) is 15.0 Å². The van der Waals surface area contributed by atoms with Crippen LogP contribution in [0.4, 0.5) is 4.39 Å². The zero-order valence-corrected chi connectivity index (χ0v) is 16.4. The molecule has 4 aromatic rings. The van der Waals surface area contributed by atoms with Crippen LogP contribution in [0.1, 0.15) is 12.5 Å². The number of aromatic nitrogens is 3. The number of hydrogen-bond donors (Lipinski definition) is 1. The summed E-state index contributed by atoms with van der Waals surface area (Å²) in [6, 6.07) is 6.88. The van der Waals surface area contributed by atoms with E-state index in [0.717, 1.165) is 20.8 Å². The van der Waals surface area contributed by atoms with Gasteiger partial charge in [0.2, 0.25) is 5.88 Å². The third kappa shape index (κ3) is 3.48. The van der Waals surface area contributed by atoms with Crippen molar-refractivity contribution in [2.75, 3.05) is 13.7 Å². The second kappa shape index (κ2) is 7.29. The van der Waals surface area contributed by atoms with Crippen molar-refractivity contribution < 1.29 is 19.0 Å². The van der Waals surface area contributed by atoms with Crippen molar-refractivity contribution in [3.05, 3.63) is 41.8 Å². The average Bonchev–Trinajstić information content (AvgIpc) is 3.07. The molecule has 2 heterocycles. The molecular formula is C20H18FN3O3S. The molecule has 0 saturated heterocycles. The fraction of sp³-hybridized carbons (Fsp3) is 0.250. The molecule has 144 valence electrons. The third-order valence-corrected chi connectivity index (χ3v) is 5.18. The van der Waals surface area contributed by atoms with Crippen molar-refractivity contribution in [1.29, 1.82) is 0 Å². The fourth-order valence-electron chi connectivity index (χ4n) is 2.88. The summed E-state index contributed by atoms with van der Waals surface area (Å²) in [6.07, 6.45) is 0.886. The second-order valence-electron chi connectivity index (χ2n) is 6.52. The van der Waals surface area contributed by atoms with Crippen LogP contribution in [0.25, 0.3) is 31.8 Å². The molecule has 6 nitrogen and oxygen atoms in total. The van der Waals surface area contributed by atoms with Crippen molar-refractivity contribution in [1.82, 2.24) is 15.0 Å². The van der Waals surface area contributed by atoms with Gasteiger partial charge in [-0.05, 0) is 31.5 Å². The van der Waals surface area contributed by atoms with E-state index in [1.165, 1.54) is 17.4 Å². The number of nitrogens with zero attached hydrogens (tertiary/aromatic N) is 3. The Morgan fingerprint density at radius 2 is 2.00 bits per heavy atom. The number of benzene rings is 2. The van der Waals surface area contributed by atoms with E-state index in [4.69, 9.17) is 9.47 Å². The number of thiazole rings is 1. The molecule has 2 aromatic heterocycles. The molecule has 1 N–H and O–H groups in total. The van der Waals surface area contributed by atoms with Gasteiger partial charge in [-0.25, -0.2) is 19.3 Å². The zero-order chi connectivity index (χ0) is 19.8. The van der Waals surface area contributed by atoms with Crippen molar-refractivity contribution in [2.24, 2.45) is 0 Å². The van der Waals surface area contributed by atoms with Gasteiger partial charge in [0, 0.05) is 17.7 Å². The molecule has 4 rings (SSSR count). The maximum absolute atomic E-state index is 14.3. The lowest BCUT2D eigenvalue weighted by Crippen LogP contribution is -2.13. The summed E-state index contributed by atoms with van der Waals surface area (Å²) in [5.41, 5.74) is 3.80. The van der Waals surface area contributed by atoms with E-state index >= 15 is 0 Å². The van der Waals surface area contributed by atoms with Gasteiger partial charge in [-0.3, -0.25) is 0 Å². The highest BCUT2D eigenvalue weighted by atomic mass is 32.1. The quantitative estimate of drug-likeness (QED) is 0.544. The smallest absolute Gasteiger partial charge is 0.232 e. The molecule has 0 radical (unpaired) electrons. The number of aliphatic hydroxyl groups excluding tert-OH is 1. The Labute approximate surface area is 164 Å². The number of aryl methyl sites for hydroxylation is 1. The Morgan fingerprint density at radius 3 is 2.75 bits per heavy atom. The van der Waals surface area contributed by atoms with Gasteiger partial charge in [-0.15, -0.1) is 11.3 Å². The number of hydrogen-bond acceptors (Lipinski definition) is 7. The van der Waals surface area contributed by atoms with Crippen LogP contribution in [0.3, 0.4) is 0 Å². The maximum atomic E-state index is 14.3. The van der Waals surface area contributed by atoms with Gasteiger partial charge in [0.15, 0.2) is 11.6 Å². The Hall–Kier alpha value is -2.84. The van der Waals surface area contributed by atoms with Gasteiger partial charge in [0.25, 0.3) is 0 Å². The van der Waals surface area contributed by atoms with Crippen molar-refractivity contribution in [3.63, 3.8) is 0 Å². The van der Waals surface area contributed by atoms with E-state index in [-0.39, 0.29) is 12.4 Å². The minimum atomic E-state index is -0.679. The Morgan fingerprint density at radius 1 is 1.18 bits per heavy atom. The summed E-state index contributed by atoms with van der Waals surface area (Å²) < 4.78 is 25.6. The second-order valence-corrected chi connectivity index (χ2v) is 7.55. The minimum Gasteiger partial charge on any atom is -0.488 e. The van der Waals surface area contributed by atoms with Crippen LogP contribution in [-0.2, 0) is 0 Å². The Bertz CT molecular complexity index is 1180. The van der Waals surface area contributed by atoms with Crippen molar-refractivity contribution in [2.45, 2.75) is 20.0 Å². The first-order valence-corrected chi connectivity index (χ1v) is 9.49. The molecule has 1 atom stereocenters. The van der Waals surface area contributed by atoms with Gasteiger partial charge in [0.1, 0.15) is 11.6 Å². The fourth-order valence-corrected chi connectivity index (χ4v) is 3.87. The third-order valence-electron chi connectivity index (χ3n) is 4.13. The number of ether oxygens (including phenoxy) is 2. The summed E-state index contributed by atoms with van der Waals surface area (Å²) in [4.78, 5) is 13.5. The lowest BCUT2D eigenvalue weighted by Gasteiger charge is -2.08. The number of rotatable bonds is 5. The molecule has 0 spiro atoms. The molecule has 0 aliphatic heterocycles. The van der Waals surface area contributed by atoms with Gasteiger partial charge in [0.05, 0.1) is 40.7 Å². The van der Waals surface area contributed by atoms with E-state index in [1.54, 1.807) is 26.3 Å². The van der Waals surface area contributed by atoms with E-state index in [9.17, 15) is 9.50 Å². The molecule has 28 heavy (non-hydrogen) atoms. The largest absolute Gasteiger partial charge is 0.488 e. The lowest BCUT2D eigenvalue weighted by atomic mass is 10.1. The summed E-state index contributed by atoms with van der Waals surface area (Å²) in [6.45, 7) is 3.58. The molecule has 0 aliphatic carbocycles. The summed E-state index contributed by atoms with van der Waals surface area (Å²) in [7, 11) is 1.55. The molecule has 8 heteroatoms. The first-order chi connectivity index (χ1) is 13.4. The molecule has 0 aliphatic rings. The minimum absolute atomic E-state index is 0.0219. The maximum Gasteiger partial charge on any atom is 0.232 e. The molecule has 2 aromatic carbocycles. The molecule has 0 saturated carbocycles. The predicted molar refractivity (Wildman–Crippen MR) is 107 cm³/mol. The van der Waals surface area contributed by atoms with Crippen LogP contribution >= 0.6 is 11.3 Å². The number of fused-ring (bicyclic) bond motifs is 2. The van der Waals surface area contributed by atoms with Gasteiger partial charge in [-0.2, -0.15) is 0 Å². The first-order valence-electron chi connectivity index (χ1n) is 8.67. The zero-order valence-electron chi connectivity index (χ0n) is 15.6. The van der Waals surface area contributed by atoms with E-state index in [0.29, 0.717) is 22.4 Å². The van der Waals surface area contributed by atoms with Crippen LogP contribution in [0.15, 0.2) is 30.5 Å². The molecule has 0 bridgehead atoms. The summed E-state index contributed by atoms with van der Waals surface area (Å²) in [5, 5.41) is 10.1. The molecule has 0 unspecified atom stereocenters. The number of halogens is 1. The average molecular weight is 399 g/mol. The van der Waals surface area contributed by atoms with Crippen LogP contribution in [-0.4, -0.2) is 39.9 Å². The topological polar surface area (TPSA) is 77.4 Å². The SMILES string of the molecule is COc1cnc2c(-c3nc4cc(F)c(OC[C@H](C)O)cc4s3)cc(C)cc2n1. The van der Waals surface area contributed by atoms with Gasteiger partial charge < -0.3 is 14.6 Å². The van der Waals surface area contributed by atoms with E-state index in [1.807, 2.05) is 19.1 Å². The van der Waals surface area contributed by atoms with Gasteiger partial charge in [-0.1, -0.05) is 0 Å². The van der Waals surface area contributed by atoms with E-state index < -0.39 is 11.9 Å². The summed E-state index contributed by atoms with van der Waals surface area (Å²) >= 11 is 1.42. The Kier molecular flexibility index (Phi) is 4.82. The summed E-state index contributed by atoms with van der Waals surface area (Å²) in [5.74, 6) is 0.0289. The molecular weight excluding hydrogens is 381 g/mol.